The van der Waals surface area contributed by atoms with Crippen LogP contribution in [0.5, 0.6) is 0 Å². The lowest BCUT2D eigenvalue weighted by molar-refractivity contribution is 1.34. The molecule has 1 aromatic carbocycles. The van der Waals surface area contributed by atoms with Gasteiger partial charge in [-0.25, -0.2) is 0 Å². The van der Waals surface area contributed by atoms with Crippen LogP contribution in [0.15, 0.2) is 30.5 Å². The van der Waals surface area contributed by atoms with Crippen molar-refractivity contribution >= 4 is 24.5 Å². The van der Waals surface area contributed by atoms with Crippen molar-refractivity contribution in [2.24, 2.45) is 0 Å². The molecule has 50 valence electrons. The molecule has 0 saturated carbocycles. The van der Waals surface area contributed by atoms with Gasteiger partial charge in [0.2, 0.25) is 0 Å². The Morgan fingerprint density at radius 2 is 1.82 bits per heavy atom. The highest BCUT2D eigenvalue weighted by Crippen LogP contribution is 2.03. The van der Waals surface area contributed by atoms with Gasteiger partial charge in [0.15, 0.2) is 0 Å². The summed E-state index contributed by atoms with van der Waals surface area (Å²) in [6.45, 7) is 0. The molecule has 0 unspecified atom stereocenters. The monoisotopic (exact) mass is 140 g/mol. The van der Waals surface area contributed by atoms with E-state index in [0.717, 1.165) is 11.0 Å². The van der Waals surface area contributed by atoms with E-state index in [4.69, 9.17) is 7.85 Å². The number of para-hydroxylation sites is 2. The van der Waals surface area contributed by atoms with E-state index in [1.54, 1.807) is 6.20 Å². The lowest BCUT2D eigenvalue weighted by atomic mass is 10.1. The second-order valence-electron chi connectivity index (χ2n) is 2.28. The number of hydrogen-bond acceptors (Lipinski definition) is 2. The van der Waals surface area contributed by atoms with Gasteiger partial charge >= 0.3 is 0 Å². The fourth-order valence-corrected chi connectivity index (χ4v) is 0.972. The number of rotatable bonds is 0. The zero-order valence-corrected chi connectivity index (χ0v) is 5.86. The summed E-state index contributed by atoms with van der Waals surface area (Å²) in [5.41, 5.74) is 2.18. The normalized spacial score (nSPS) is 10.2. The lowest BCUT2D eigenvalue weighted by Crippen LogP contribution is -2.08. The van der Waals surface area contributed by atoms with E-state index in [9.17, 15) is 0 Å². The fourth-order valence-electron chi connectivity index (χ4n) is 0.972. The molecule has 2 aromatic rings. The van der Waals surface area contributed by atoms with Crippen LogP contribution in [0.2, 0.25) is 0 Å². The van der Waals surface area contributed by atoms with Crippen LogP contribution in [0.1, 0.15) is 0 Å². The molecule has 0 aliphatic heterocycles. The smallest absolute Gasteiger partial charge is 0.143 e. The molecule has 0 fully saturated rings. The Balaban J connectivity index is 2.83. The molecule has 2 radical (unpaired) electrons. The number of benzene rings is 1. The van der Waals surface area contributed by atoms with E-state index in [1.165, 1.54) is 0 Å². The second-order valence-corrected chi connectivity index (χ2v) is 2.28. The van der Waals surface area contributed by atoms with Gasteiger partial charge in [-0.2, -0.15) is 0 Å². The van der Waals surface area contributed by atoms with E-state index in [1.807, 2.05) is 24.3 Å². The standard InChI is InChI=1S/C8H5BN2/c9-8-5-10-6-3-1-2-4-7(6)11-8/h1-5H. The quantitative estimate of drug-likeness (QED) is 0.495. The maximum absolute atomic E-state index is 5.45. The molecule has 11 heavy (non-hydrogen) atoms. The molecule has 0 saturated heterocycles. The molecule has 0 amide bonds. The highest BCUT2D eigenvalue weighted by atomic mass is 14.8. The number of hydrogen-bond donors (Lipinski definition) is 0. The van der Waals surface area contributed by atoms with Crippen molar-refractivity contribution in [1.29, 1.82) is 0 Å². The summed E-state index contributed by atoms with van der Waals surface area (Å²) in [4.78, 5) is 8.18. The predicted molar refractivity (Wildman–Crippen MR) is 44.9 cm³/mol. The van der Waals surface area contributed by atoms with Crippen LogP contribution in [0.25, 0.3) is 11.0 Å². The van der Waals surface area contributed by atoms with Gasteiger partial charge in [-0.3, -0.25) is 9.97 Å². The van der Waals surface area contributed by atoms with Crippen LogP contribution in [0, 0.1) is 0 Å². The van der Waals surface area contributed by atoms with E-state index < -0.39 is 0 Å². The van der Waals surface area contributed by atoms with Crippen molar-refractivity contribution in [3.05, 3.63) is 30.5 Å². The van der Waals surface area contributed by atoms with Gasteiger partial charge in [-0.05, 0) is 12.1 Å². The summed E-state index contributed by atoms with van der Waals surface area (Å²) in [6, 6.07) is 7.63. The van der Waals surface area contributed by atoms with E-state index >= 15 is 0 Å². The molecule has 2 nitrogen and oxygen atoms in total. The van der Waals surface area contributed by atoms with Crippen molar-refractivity contribution in [1.82, 2.24) is 9.97 Å². The molecule has 1 heterocycles. The molecular weight excluding hydrogens is 135 g/mol. The predicted octanol–water partition coefficient (Wildman–Crippen LogP) is 0.424. The first kappa shape index (κ1) is 6.34. The maximum Gasteiger partial charge on any atom is 0.143 e. The summed E-state index contributed by atoms with van der Waals surface area (Å²) < 4.78 is 0. The third-order valence-electron chi connectivity index (χ3n) is 1.47. The summed E-state index contributed by atoms with van der Waals surface area (Å²) in [7, 11) is 5.45. The first-order valence-corrected chi connectivity index (χ1v) is 3.33. The third kappa shape index (κ3) is 1.09. The van der Waals surface area contributed by atoms with Crippen molar-refractivity contribution < 1.29 is 0 Å². The van der Waals surface area contributed by atoms with Crippen LogP contribution >= 0.6 is 0 Å². The Bertz CT molecular complexity index is 387. The van der Waals surface area contributed by atoms with Gasteiger partial charge in [0, 0.05) is 11.8 Å². The SMILES string of the molecule is [B]c1cnc2ccccc2n1. The fraction of sp³-hybridized carbons (Fsp3) is 0. The minimum absolute atomic E-state index is 0.462. The largest absolute Gasteiger partial charge is 0.261 e. The Morgan fingerprint density at radius 3 is 2.64 bits per heavy atom. The topological polar surface area (TPSA) is 25.8 Å². The van der Waals surface area contributed by atoms with Crippen molar-refractivity contribution in [2.45, 2.75) is 0 Å². The number of nitrogens with zero attached hydrogens (tertiary/aromatic N) is 2. The molecule has 0 aliphatic carbocycles. The minimum atomic E-state index is 0.462. The van der Waals surface area contributed by atoms with E-state index in [0.29, 0.717) is 5.59 Å². The summed E-state index contributed by atoms with van der Waals surface area (Å²) >= 11 is 0. The van der Waals surface area contributed by atoms with Crippen LogP contribution in [-0.2, 0) is 0 Å². The van der Waals surface area contributed by atoms with Crippen molar-refractivity contribution in [2.75, 3.05) is 0 Å². The highest BCUT2D eigenvalue weighted by Gasteiger charge is 1.92. The van der Waals surface area contributed by atoms with Gasteiger partial charge in [0.1, 0.15) is 7.85 Å². The van der Waals surface area contributed by atoms with Crippen molar-refractivity contribution in [3.63, 3.8) is 0 Å². The van der Waals surface area contributed by atoms with Gasteiger partial charge in [0.05, 0.1) is 11.0 Å². The molecule has 1 aromatic heterocycles. The van der Waals surface area contributed by atoms with Gasteiger partial charge in [-0.15, -0.1) is 0 Å². The van der Waals surface area contributed by atoms with Gasteiger partial charge < -0.3 is 0 Å². The van der Waals surface area contributed by atoms with Crippen LogP contribution < -0.4 is 5.59 Å². The summed E-state index contributed by atoms with van der Waals surface area (Å²) in [6.07, 6.45) is 1.56. The van der Waals surface area contributed by atoms with E-state index in [-0.39, 0.29) is 0 Å². The Morgan fingerprint density at radius 1 is 1.09 bits per heavy atom. The zero-order valence-electron chi connectivity index (χ0n) is 5.86. The van der Waals surface area contributed by atoms with Crippen molar-refractivity contribution in [3.8, 4) is 0 Å². The van der Waals surface area contributed by atoms with Gasteiger partial charge in [-0.1, -0.05) is 12.1 Å². The van der Waals surface area contributed by atoms with Crippen LogP contribution in [0.4, 0.5) is 0 Å². The molecule has 0 aliphatic rings. The molecule has 0 spiro atoms. The first-order valence-electron chi connectivity index (χ1n) is 3.33. The van der Waals surface area contributed by atoms with Crippen LogP contribution in [0.3, 0.4) is 0 Å². The minimum Gasteiger partial charge on any atom is -0.261 e. The van der Waals surface area contributed by atoms with E-state index in [2.05, 4.69) is 9.97 Å². The average molecular weight is 140 g/mol. The number of fused-ring (bicyclic) bond motifs is 1. The zero-order chi connectivity index (χ0) is 7.68. The highest BCUT2D eigenvalue weighted by molar-refractivity contribution is 6.30. The van der Waals surface area contributed by atoms with Crippen LogP contribution in [-0.4, -0.2) is 17.8 Å². The number of aromatic nitrogens is 2. The molecule has 0 N–H and O–H groups in total. The average Bonchev–Trinajstić information content (AvgIpc) is 2.04. The Kier molecular flexibility index (Phi) is 1.35. The molecule has 0 atom stereocenters. The molecule has 2 rings (SSSR count). The maximum atomic E-state index is 5.45. The lowest BCUT2D eigenvalue weighted by Gasteiger charge is -1.95. The molecular formula is C8H5BN2. The van der Waals surface area contributed by atoms with Gasteiger partial charge in [0.25, 0.3) is 0 Å². The summed E-state index contributed by atoms with van der Waals surface area (Å²) in [5, 5.41) is 0. The first-order chi connectivity index (χ1) is 5.36. The Labute approximate surface area is 65.7 Å². The third-order valence-corrected chi connectivity index (χ3v) is 1.47. The summed E-state index contributed by atoms with van der Waals surface area (Å²) in [5.74, 6) is 0. The molecule has 3 heteroatoms. The second kappa shape index (κ2) is 2.34. The Hall–Kier alpha value is -1.38. The molecule has 0 bridgehead atoms.